The summed E-state index contributed by atoms with van der Waals surface area (Å²) in [5.74, 6) is 1.34. The Kier molecular flexibility index (Phi) is 4.91. The molecule has 20 heavy (non-hydrogen) atoms. The zero-order valence-corrected chi connectivity index (χ0v) is 13.0. The van der Waals surface area contributed by atoms with Crippen molar-refractivity contribution in [2.75, 3.05) is 20.1 Å². The summed E-state index contributed by atoms with van der Waals surface area (Å²) in [6, 6.07) is 3.96. The average Bonchev–Trinajstić information content (AvgIpc) is 2.96. The van der Waals surface area contributed by atoms with Gasteiger partial charge >= 0.3 is 0 Å². The Labute approximate surface area is 123 Å². The second kappa shape index (κ2) is 6.47. The van der Waals surface area contributed by atoms with E-state index in [2.05, 4.69) is 15.0 Å². The molecule has 0 bridgehead atoms. The van der Waals surface area contributed by atoms with Gasteiger partial charge in [0.15, 0.2) is 0 Å². The summed E-state index contributed by atoms with van der Waals surface area (Å²) in [5, 5.41) is 15.7. The number of nitrogens with zero attached hydrogens (tertiary/aromatic N) is 3. The molecule has 5 nitrogen and oxygen atoms in total. The second-order valence-corrected chi connectivity index (χ2v) is 6.59. The molecule has 2 aromatic rings. The molecule has 0 saturated carbocycles. The molecule has 0 saturated heterocycles. The lowest BCUT2D eigenvalue weighted by atomic mass is 10.1. The van der Waals surface area contributed by atoms with E-state index >= 15 is 0 Å². The molecular formula is C14H21N3O2S. The monoisotopic (exact) mass is 295 g/mol. The molecule has 0 fully saturated rings. The van der Waals surface area contributed by atoms with Crippen molar-refractivity contribution in [1.82, 2.24) is 15.0 Å². The fourth-order valence-electron chi connectivity index (χ4n) is 2.10. The van der Waals surface area contributed by atoms with Crippen LogP contribution in [0.5, 0.6) is 0 Å². The Hall–Kier alpha value is -1.24. The zero-order chi connectivity index (χ0) is 14.6. The van der Waals surface area contributed by atoms with Crippen molar-refractivity contribution in [3.8, 4) is 10.7 Å². The van der Waals surface area contributed by atoms with Gasteiger partial charge in [-0.3, -0.25) is 0 Å². The molecule has 2 aromatic heterocycles. The average molecular weight is 295 g/mol. The van der Waals surface area contributed by atoms with Crippen LogP contribution in [0.15, 0.2) is 22.0 Å². The molecule has 0 radical (unpaired) electrons. The minimum absolute atomic E-state index is 0.650. The van der Waals surface area contributed by atoms with E-state index in [4.69, 9.17) is 4.52 Å². The topological polar surface area (TPSA) is 62.4 Å². The van der Waals surface area contributed by atoms with Gasteiger partial charge in [0.2, 0.25) is 11.7 Å². The first-order valence-corrected chi connectivity index (χ1v) is 7.59. The van der Waals surface area contributed by atoms with Crippen molar-refractivity contribution < 1.29 is 9.63 Å². The number of rotatable bonds is 7. The molecule has 6 heteroatoms. The predicted octanol–water partition coefficient (Wildman–Crippen LogP) is 2.43. The van der Waals surface area contributed by atoms with Crippen LogP contribution in [0.4, 0.5) is 0 Å². The van der Waals surface area contributed by atoms with E-state index in [1.807, 2.05) is 38.4 Å². The molecule has 0 spiro atoms. The molecule has 0 amide bonds. The molecule has 0 aliphatic heterocycles. The molecule has 1 N–H and O–H groups in total. The third-order valence-electron chi connectivity index (χ3n) is 2.80. The van der Waals surface area contributed by atoms with Crippen LogP contribution in [-0.2, 0) is 6.42 Å². The number of hydrogen-bond acceptors (Lipinski definition) is 6. The van der Waals surface area contributed by atoms with Crippen LogP contribution >= 0.6 is 11.3 Å². The van der Waals surface area contributed by atoms with Crippen LogP contribution in [0.25, 0.3) is 10.7 Å². The van der Waals surface area contributed by atoms with E-state index in [1.165, 1.54) is 0 Å². The third-order valence-corrected chi connectivity index (χ3v) is 3.66. The SMILES string of the molecule is CN(CCCc1nc(-c2cccs2)no1)CC(C)(C)O. The summed E-state index contributed by atoms with van der Waals surface area (Å²) in [5.41, 5.74) is -0.661. The first-order chi connectivity index (χ1) is 9.44. The van der Waals surface area contributed by atoms with Gasteiger partial charge in [0, 0.05) is 13.0 Å². The van der Waals surface area contributed by atoms with Gasteiger partial charge in [0.1, 0.15) is 0 Å². The summed E-state index contributed by atoms with van der Waals surface area (Å²) in [4.78, 5) is 7.52. The number of thiophene rings is 1. The summed E-state index contributed by atoms with van der Waals surface area (Å²) in [6.45, 7) is 5.17. The van der Waals surface area contributed by atoms with Crippen molar-refractivity contribution in [3.05, 3.63) is 23.4 Å². The maximum Gasteiger partial charge on any atom is 0.227 e. The predicted molar refractivity (Wildman–Crippen MR) is 79.7 cm³/mol. The Morgan fingerprint density at radius 2 is 2.25 bits per heavy atom. The number of hydrogen-bond donors (Lipinski definition) is 1. The van der Waals surface area contributed by atoms with Gasteiger partial charge < -0.3 is 14.5 Å². The highest BCUT2D eigenvalue weighted by Crippen LogP contribution is 2.21. The van der Waals surface area contributed by atoms with Crippen molar-refractivity contribution in [3.63, 3.8) is 0 Å². The van der Waals surface area contributed by atoms with Crippen LogP contribution in [0.3, 0.4) is 0 Å². The van der Waals surface area contributed by atoms with Crippen LogP contribution in [0.1, 0.15) is 26.2 Å². The summed E-state index contributed by atoms with van der Waals surface area (Å²) < 4.78 is 5.25. The Morgan fingerprint density at radius 1 is 1.45 bits per heavy atom. The lowest BCUT2D eigenvalue weighted by Crippen LogP contribution is -2.36. The quantitative estimate of drug-likeness (QED) is 0.850. The molecule has 0 aliphatic carbocycles. The lowest BCUT2D eigenvalue weighted by molar-refractivity contribution is 0.0443. The standard InChI is InChI=1S/C14H21N3O2S/c1-14(2,18)10-17(3)8-4-7-12-15-13(16-19-12)11-6-5-9-20-11/h5-6,9,18H,4,7-8,10H2,1-3H3. The summed E-state index contributed by atoms with van der Waals surface area (Å²) in [6.07, 6.45) is 1.69. The Balaban J connectivity index is 1.78. The Bertz CT molecular complexity index is 517. The van der Waals surface area contributed by atoms with Crippen molar-refractivity contribution >= 4 is 11.3 Å². The van der Waals surface area contributed by atoms with E-state index in [0.29, 0.717) is 18.3 Å². The first-order valence-electron chi connectivity index (χ1n) is 6.71. The number of aryl methyl sites for hydroxylation is 1. The number of aromatic nitrogens is 2. The molecule has 0 aromatic carbocycles. The van der Waals surface area contributed by atoms with Gasteiger partial charge in [0.25, 0.3) is 0 Å². The van der Waals surface area contributed by atoms with Crippen LogP contribution in [0.2, 0.25) is 0 Å². The van der Waals surface area contributed by atoms with Gasteiger partial charge in [-0.15, -0.1) is 11.3 Å². The van der Waals surface area contributed by atoms with Crippen molar-refractivity contribution in [1.29, 1.82) is 0 Å². The smallest absolute Gasteiger partial charge is 0.227 e. The van der Waals surface area contributed by atoms with E-state index in [9.17, 15) is 5.11 Å². The first kappa shape index (κ1) is 15.2. The molecule has 0 unspecified atom stereocenters. The Morgan fingerprint density at radius 3 is 2.90 bits per heavy atom. The van der Waals surface area contributed by atoms with Gasteiger partial charge in [0.05, 0.1) is 10.5 Å². The van der Waals surface area contributed by atoms with Gasteiger partial charge in [-0.1, -0.05) is 11.2 Å². The normalized spacial score (nSPS) is 12.2. The molecule has 0 aliphatic rings. The second-order valence-electron chi connectivity index (χ2n) is 5.64. The third kappa shape index (κ3) is 4.70. The molecule has 110 valence electrons. The van der Waals surface area contributed by atoms with Crippen molar-refractivity contribution in [2.45, 2.75) is 32.3 Å². The molecule has 2 heterocycles. The van der Waals surface area contributed by atoms with Crippen LogP contribution < -0.4 is 0 Å². The van der Waals surface area contributed by atoms with Gasteiger partial charge in [-0.25, -0.2) is 0 Å². The summed E-state index contributed by atoms with van der Waals surface area (Å²) >= 11 is 1.60. The summed E-state index contributed by atoms with van der Waals surface area (Å²) in [7, 11) is 2.00. The lowest BCUT2D eigenvalue weighted by Gasteiger charge is -2.25. The minimum atomic E-state index is -0.661. The zero-order valence-electron chi connectivity index (χ0n) is 12.2. The van der Waals surface area contributed by atoms with Gasteiger partial charge in [-0.05, 0) is 45.3 Å². The van der Waals surface area contributed by atoms with E-state index in [1.54, 1.807) is 11.3 Å². The molecule has 2 rings (SSSR count). The highest BCUT2D eigenvalue weighted by molar-refractivity contribution is 7.13. The molecule has 0 atom stereocenters. The molecular weight excluding hydrogens is 274 g/mol. The van der Waals surface area contributed by atoms with Crippen LogP contribution in [0, 0.1) is 0 Å². The minimum Gasteiger partial charge on any atom is -0.389 e. The highest BCUT2D eigenvalue weighted by atomic mass is 32.1. The fourth-order valence-corrected chi connectivity index (χ4v) is 2.75. The number of likely N-dealkylation sites (N-methyl/N-ethyl adjacent to an activating group) is 1. The van der Waals surface area contributed by atoms with E-state index < -0.39 is 5.60 Å². The van der Waals surface area contributed by atoms with Gasteiger partial charge in [-0.2, -0.15) is 4.98 Å². The van der Waals surface area contributed by atoms with Crippen LogP contribution in [-0.4, -0.2) is 45.9 Å². The van der Waals surface area contributed by atoms with E-state index in [-0.39, 0.29) is 0 Å². The van der Waals surface area contributed by atoms with Crippen molar-refractivity contribution in [2.24, 2.45) is 0 Å². The highest BCUT2D eigenvalue weighted by Gasteiger charge is 2.15. The number of aliphatic hydroxyl groups is 1. The maximum atomic E-state index is 9.73. The largest absolute Gasteiger partial charge is 0.389 e. The maximum absolute atomic E-state index is 9.73. The van der Waals surface area contributed by atoms with E-state index in [0.717, 1.165) is 24.3 Å². The fraction of sp³-hybridized carbons (Fsp3) is 0.571.